The van der Waals surface area contributed by atoms with Gasteiger partial charge in [-0.25, -0.2) is 4.79 Å². The van der Waals surface area contributed by atoms with Crippen LogP contribution in [0.1, 0.15) is 33.2 Å². The third-order valence-corrected chi connectivity index (χ3v) is 3.56. The summed E-state index contributed by atoms with van der Waals surface area (Å²) < 4.78 is 6.85. The molecule has 0 bridgehead atoms. The van der Waals surface area contributed by atoms with Crippen molar-refractivity contribution < 1.29 is 14.6 Å². The number of nitrogens with zero attached hydrogens (tertiary/aromatic N) is 1. The second-order valence-corrected chi connectivity index (χ2v) is 5.65. The van der Waals surface area contributed by atoms with Crippen LogP contribution in [0.15, 0.2) is 35.3 Å². The van der Waals surface area contributed by atoms with Crippen LogP contribution >= 0.6 is 0 Å². The Morgan fingerprint density at radius 1 is 1.32 bits per heavy atom. The van der Waals surface area contributed by atoms with Gasteiger partial charge in [0.05, 0.1) is 6.61 Å². The molecule has 1 unspecified atom stereocenters. The largest absolute Gasteiger partial charge is 0.494 e. The molecule has 2 rings (SSSR count). The Labute approximate surface area is 129 Å². The van der Waals surface area contributed by atoms with Gasteiger partial charge in [0.2, 0.25) is 0 Å². The number of hydrogen-bond acceptors (Lipinski definition) is 3. The number of carbonyl (C=O) groups is 1. The molecule has 22 heavy (non-hydrogen) atoms. The Hall–Kier alpha value is -2.30. The molecule has 0 saturated carbocycles. The van der Waals surface area contributed by atoms with Crippen molar-refractivity contribution in [3.63, 3.8) is 0 Å². The van der Waals surface area contributed by atoms with E-state index in [2.05, 4.69) is 0 Å². The van der Waals surface area contributed by atoms with E-state index in [9.17, 15) is 14.7 Å². The first-order valence-electron chi connectivity index (χ1n) is 7.46. The lowest BCUT2D eigenvalue weighted by Crippen LogP contribution is -2.32. The Bertz CT molecular complexity index is 733. The molecule has 0 radical (unpaired) electrons. The molecule has 1 aromatic carbocycles. The standard InChI is InChI=1S/C17H21NO4/c1-4-9-22-13-5-6-14-12(10-13)7-8-18(16(14)19)15(11(2)3)17(20)21/h5-8,10-11,15H,4,9H2,1-3H3,(H,20,21). The minimum absolute atomic E-state index is 0.181. The minimum atomic E-state index is -1.00. The number of carboxylic acids is 1. The van der Waals surface area contributed by atoms with Crippen LogP contribution in [0.5, 0.6) is 5.75 Å². The van der Waals surface area contributed by atoms with E-state index in [1.807, 2.05) is 13.0 Å². The maximum absolute atomic E-state index is 12.6. The zero-order valence-corrected chi connectivity index (χ0v) is 13.1. The van der Waals surface area contributed by atoms with Gasteiger partial charge in [-0.15, -0.1) is 0 Å². The van der Waals surface area contributed by atoms with E-state index < -0.39 is 12.0 Å². The van der Waals surface area contributed by atoms with Crippen LogP contribution < -0.4 is 10.3 Å². The van der Waals surface area contributed by atoms with Crippen molar-refractivity contribution in [1.29, 1.82) is 0 Å². The molecular weight excluding hydrogens is 282 g/mol. The lowest BCUT2D eigenvalue weighted by Gasteiger charge is -2.19. The molecule has 0 aliphatic carbocycles. The minimum Gasteiger partial charge on any atom is -0.494 e. The quantitative estimate of drug-likeness (QED) is 0.890. The predicted molar refractivity (Wildman–Crippen MR) is 85.5 cm³/mol. The number of hydrogen-bond donors (Lipinski definition) is 1. The summed E-state index contributed by atoms with van der Waals surface area (Å²) in [6, 6.07) is 6.14. The molecule has 1 aromatic heterocycles. The molecule has 0 aliphatic rings. The van der Waals surface area contributed by atoms with Crippen LogP contribution in [0.4, 0.5) is 0 Å². The van der Waals surface area contributed by atoms with E-state index in [1.54, 1.807) is 38.2 Å². The Kier molecular flexibility index (Phi) is 4.85. The summed E-state index contributed by atoms with van der Waals surface area (Å²) in [6.07, 6.45) is 2.46. The Balaban J connectivity index is 2.51. The molecule has 118 valence electrons. The lowest BCUT2D eigenvalue weighted by atomic mass is 10.0. The number of ether oxygens (including phenoxy) is 1. The highest BCUT2D eigenvalue weighted by Gasteiger charge is 2.24. The third kappa shape index (κ3) is 3.13. The average molecular weight is 303 g/mol. The van der Waals surface area contributed by atoms with Gasteiger partial charge in [-0.3, -0.25) is 4.79 Å². The summed E-state index contributed by atoms with van der Waals surface area (Å²) in [5.74, 6) is -0.468. The molecule has 5 heteroatoms. The molecule has 5 nitrogen and oxygen atoms in total. The van der Waals surface area contributed by atoms with Gasteiger partial charge < -0.3 is 14.4 Å². The van der Waals surface area contributed by atoms with Gasteiger partial charge >= 0.3 is 5.97 Å². The second-order valence-electron chi connectivity index (χ2n) is 5.65. The van der Waals surface area contributed by atoms with Crippen molar-refractivity contribution in [2.75, 3.05) is 6.61 Å². The number of aliphatic carboxylic acids is 1. The van der Waals surface area contributed by atoms with Gasteiger partial charge in [0.15, 0.2) is 0 Å². The van der Waals surface area contributed by atoms with Gasteiger partial charge in [-0.2, -0.15) is 0 Å². The van der Waals surface area contributed by atoms with Crippen molar-refractivity contribution in [1.82, 2.24) is 4.57 Å². The number of aromatic nitrogens is 1. The number of fused-ring (bicyclic) bond motifs is 1. The maximum atomic E-state index is 12.6. The molecule has 1 heterocycles. The zero-order chi connectivity index (χ0) is 16.3. The van der Waals surface area contributed by atoms with Crippen LogP contribution in [0, 0.1) is 5.92 Å². The highest BCUT2D eigenvalue weighted by atomic mass is 16.5. The third-order valence-electron chi connectivity index (χ3n) is 3.56. The van der Waals surface area contributed by atoms with Crippen LogP contribution in [-0.4, -0.2) is 22.2 Å². The van der Waals surface area contributed by atoms with E-state index in [0.717, 1.165) is 11.8 Å². The Morgan fingerprint density at radius 3 is 2.64 bits per heavy atom. The smallest absolute Gasteiger partial charge is 0.327 e. The Morgan fingerprint density at radius 2 is 2.05 bits per heavy atom. The van der Waals surface area contributed by atoms with Gasteiger partial charge in [-0.1, -0.05) is 20.8 Å². The van der Waals surface area contributed by atoms with E-state index in [-0.39, 0.29) is 11.5 Å². The van der Waals surface area contributed by atoms with E-state index in [4.69, 9.17) is 4.74 Å². The second kappa shape index (κ2) is 6.64. The van der Waals surface area contributed by atoms with Crippen molar-refractivity contribution >= 4 is 16.7 Å². The first kappa shape index (κ1) is 16.1. The molecular formula is C17H21NO4. The van der Waals surface area contributed by atoms with Crippen molar-refractivity contribution in [2.24, 2.45) is 5.92 Å². The van der Waals surface area contributed by atoms with Crippen molar-refractivity contribution in [3.05, 3.63) is 40.8 Å². The SMILES string of the molecule is CCCOc1ccc2c(=O)n(C(C(=O)O)C(C)C)ccc2c1. The summed E-state index contributed by atoms with van der Waals surface area (Å²) >= 11 is 0. The van der Waals surface area contributed by atoms with E-state index in [0.29, 0.717) is 17.7 Å². The predicted octanol–water partition coefficient (Wildman–Crippen LogP) is 3.07. The van der Waals surface area contributed by atoms with Gasteiger partial charge in [0, 0.05) is 11.6 Å². The topological polar surface area (TPSA) is 68.5 Å². The van der Waals surface area contributed by atoms with Crippen molar-refractivity contribution in [3.8, 4) is 5.75 Å². The molecule has 0 fully saturated rings. The molecule has 1 N–H and O–H groups in total. The number of pyridine rings is 1. The number of carboxylic acid groups (broad SMARTS) is 1. The van der Waals surface area contributed by atoms with Crippen LogP contribution in [0.3, 0.4) is 0 Å². The summed E-state index contributed by atoms with van der Waals surface area (Å²) in [6.45, 7) is 6.23. The van der Waals surface area contributed by atoms with Crippen LogP contribution in [0.25, 0.3) is 10.8 Å². The van der Waals surface area contributed by atoms with Gasteiger partial charge in [0.25, 0.3) is 5.56 Å². The molecule has 0 spiro atoms. The number of rotatable bonds is 6. The number of benzene rings is 1. The molecule has 0 amide bonds. The fourth-order valence-corrected chi connectivity index (χ4v) is 2.49. The maximum Gasteiger partial charge on any atom is 0.327 e. The highest BCUT2D eigenvalue weighted by Crippen LogP contribution is 2.21. The molecule has 2 aromatic rings. The normalized spacial score (nSPS) is 12.5. The molecule has 0 saturated heterocycles. The average Bonchev–Trinajstić information content (AvgIpc) is 2.47. The lowest BCUT2D eigenvalue weighted by molar-refractivity contribution is -0.142. The molecule has 1 atom stereocenters. The van der Waals surface area contributed by atoms with E-state index >= 15 is 0 Å². The fourth-order valence-electron chi connectivity index (χ4n) is 2.49. The fraction of sp³-hybridized carbons (Fsp3) is 0.412. The highest BCUT2D eigenvalue weighted by molar-refractivity contribution is 5.83. The zero-order valence-electron chi connectivity index (χ0n) is 13.1. The summed E-state index contributed by atoms with van der Waals surface area (Å²) in [5.41, 5.74) is -0.291. The van der Waals surface area contributed by atoms with Crippen molar-refractivity contribution in [2.45, 2.75) is 33.2 Å². The summed E-state index contributed by atoms with van der Waals surface area (Å²) in [5, 5.41) is 10.6. The van der Waals surface area contributed by atoms with Crippen LogP contribution in [0.2, 0.25) is 0 Å². The van der Waals surface area contributed by atoms with Gasteiger partial charge in [0.1, 0.15) is 11.8 Å². The molecule has 0 aliphatic heterocycles. The first-order chi connectivity index (χ1) is 10.5. The van der Waals surface area contributed by atoms with Crippen LogP contribution in [-0.2, 0) is 4.79 Å². The summed E-state index contributed by atoms with van der Waals surface area (Å²) in [7, 11) is 0. The summed E-state index contributed by atoms with van der Waals surface area (Å²) in [4.78, 5) is 24.0. The van der Waals surface area contributed by atoms with E-state index in [1.165, 1.54) is 4.57 Å². The first-order valence-corrected chi connectivity index (χ1v) is 7.46. The van der Waals surface area contributed by atoms with Gasteiger partial charge in [-0.05, 0) is 42.0 Å². The monoisotopic (exact) mass is 303 g/mol.